The van der Waals surface area contributed by atoms with E-state index in [4.69, 9.17) is 19.0 Å². The van der Waals surface area contributed by atoms with Gasteiger partial charge in [-0.3, -0.25) is 9.63 Å². The zero-order valence-electron chi connectivity index (χ0n) is 24.3. The minimum atomic E-state index is -0.893. The number of carbonyl (C=O) groups is 1. The maximum atomic E-state index is 12.7. The van der Waals surface area contributed by atoms with Crippen LogP contribution >= 0.6 is 0 Å². The van der Waals surface area contributed by atoms with Gasteiger partial charge in [0.2, 0.25) is 0 Å². The first-order valence-corrected chi connectivity index (χ1v) is 15.1. The first-order chi connectivity index (χ1) is 19.2. The van der Waals surface area contributed by atoms with Gasteiger partial charge in [-0.05, 0) is 85.5 Å². The first-order valence-electron chi connectivity index (χ1n) is 15.1. The largest absolute Gasteiger partial charge is 0.385 e. The van der Waals surface area contributed by atoms with Crippen LogP contribution in [-0.2, 0) is 19.0 Å². The second-order valence-corrected chi connectivity index (χ2v) is 12.9. The van der Waals surface area contributed by atoms with Crippen molar-refractivity contribution in [2.45, 2.75) is 88.1 Å². The molecule has 1 aromatic carbocycles. The lowest BCUT2D eigenvalue weighted by Crippen LogP contribution is -2.53. The number of allylic oxidation sites excluding steroid dienone is 1. The highest BCUT2D eigenvalue weighted by Gasteiger charge is 2.60. The third kappa shape index (κ3) is 4.58. The zero-order chi connectivity index (χ0) is 28.1. The first kappa shape index (κ1) is 28.1. The minimum Gasteiger partial charge on any atom is -0.385 e. The van der Waals surface area contributed by atoms with Crippen LogP contribution in [0.1, 0.15) is 86.6 Å². The van der Waals surface area contributed by atoms with E-state index in [9.17, 15) is 9.90 Å². The van der Waals surface area contributed by atoms with Gasteiger partial charge >= 0.3 is 0 Å². The van der Waals surface area contributed by atoms with Crippen LogP contribution < -0.4 is 0 Å². The predicted octanol–water partition coefficient (Wildman–Crippen LogP) is 5.55. The zero-order valence-corrected chi connectivity index (χ0v) is 24.3. The summed E-state index contributed by atoms with van der Waals surface area (Å²) >= 11 is 0. The van der Waals surface area contributed by atoms with Crippen LogP contribution in [0.4, 0.5) is 0 Å². The normalized spacial score (nSPS) is 36.2. The van der Waals surface area contributed by atoms with E-state index < -0.39 is 11.4 Å². The van der Waals surface area contributed by atoms with Gasteiger partial charge in [0.1, 0.15) is 0 Å². The van der Waals surface area contributed by atoms with Gasteiger partial charge in [-0.1, -0.05) is 30.7 Å². The van der Waals surface area contributed by atoms with Crippen LogP contribution in [0, 0.1) is 17.3 Å². The van der Waals surface area contributed by atoms with Gasteiger partial charge in [0.15, 0.2) is 5.79 Å². The van der Waals surface area contributed by atoms with Gasteiger partial charge in [0.05, 0.1) is 38.6 Å². The maximum Gasteiger partial charge on any atom is 0.277 e. The number of nitrogens with zero attached hydrogens (tertiary/aromatic N) is 1. The average molecular weight is 552 g/mol. The van der Waals surface area contributed by atoms with Crippen LogP contribution in [0.5, 0.6) is 0 Å². The molecule has 7 heteroatoms. The standard InChI is InChI=1S/C33H45NO6/c1-5-6-17-38-28-12-11-26-24-13-15-32(36)21-33(39-18-19-40-33)16-14-27(32)29(24)25(20-31(26,28)2)22-7-9-23(10-8-22)30(35)34(3)37-4/h5,7-10,24-26,28,36H,1,6,11-21H2,2-4H3/t24-,25+,26-,28?,31-,32+/m0/s1. The molecule has 1 N–H and O–H groups in total. The number of benzene rings is 1. The van der Waals surface area contributed by atoms with Gasteiger partial charge in [0.25, 0.3) is 5.91 Å². The highest BCUT2D eigenvalue weighted by Crippen LogP contribution is 2.66. The number of amides is 1. The topological polar surface area (TPSA) is 77.5 Å². The molecule has 7 nitrogen and oxygen atoms in total. The molecule has 6 rings (SSSR count). The fraction of sp³-hybridized carbons (Fsp3) is 0.667. The molecular formula is C33H45NO6. The lowest BCUT2D eigenvalue weighted by Gasteiger charge is -2.56. The van der Waals surface area contributed by atoms with E-state index in [1.165, 1.54) is 28.9 Å². The fourth-order valence-electron chi connectivity index (χ4n) is 8.95. The third-order valence-electron chi connectivity index (χ3n) is 10.9. The molecule has 4 fully saturated rings. The Morgan fingerprint density at radius 1 is 1.18 bits per heavy atom. The summed E-state index contributed by atoms with van der Waals surface area (Å²) in [4.78, 5) is 17.8. The molecule has 6 atom stereocenters. The Bertz CT molecular complexity index is 1160. The number of rotatable bonds is 7. The quantitative estimate of drug-likeness (QED) is 0.272. The minimum absolute atomic E-state index is 0.0499. The number of hydrogen-bond donors (Lipinski definition) is 1. The molecule has 0 bridgehead atoms. The van der Waals surface area contributed by atoms with Crippen molar-refractivity contribution in [3.63, 3.8) is 0 Å². The lowest BCUT2D eigenvalue weighted by molar-refractivity contribution is -0.208. The van der Waals surface area contributed by atoms with Crippen molar-refractivity contribution in [3.8, 4) is 0 Å². The molecule has 1 unspecified atom stereocenters. The van der Waals surface area contributed by atoms with Gasteiger partial charge < -0.3 is 19.3 Å². The highest BCUT2D eigenvalue weighted by molar-refractivity contribution is 5.93. The van der Waals surface area contributed by atoms with E-state index in [0.29, 0.717) is 43.6 Å². The van der Waals surface area contributed by atoms with Crippen molar-refractivity contribution in [3.05, 3.63) is 59.2 Å². The van der Waals surface area contributed by atoms with Crippen molar-refractivity contribution in [1.29, 1.82) is 0 Å². The van der Waals surface area contributed by atoms with E-state index in [1.807, 2.05) is 18.2 Å². The van der Waals surface area contributed by atoms with Crippen molar-refractivity contribution in [2.75, 3.05) is 34.0 Å². The maximum absolute atomic E-state index is 12.7. The molecule has 0 radical (unpaired) electrons. The van der Waals surface area contributed by atoms with E-state index in [0.717, 1.165) is 51.4 Å². The second kappa shape index (κ2) is 10.7. The number of hydroxylamine groups is 2. The monoisotopic (exact) mass is 551 g/mol. The average Bonchev–Trinajstić information content (AvgIpc) is 3.54. The Kier molecular flexibility index (Phi) is 7.49. The third-order valence-corrected chi connectivity index (χ3v) is 10.9. The molecule has 5 aliphatic rings. The molecule has 1 spiro atoms. The van der Waals surface area contributed by atoms with Crippen LogP contribution in [0.15, 0.2) is 48.1 Å². The summed E-state index contributed by atoms with van der Waals surface area (Å²) in [6, 6.07) is 8.05. The number of hydrogen-bond acceptors (Lipinski definition) is 6. The SMILES string of the molecule is C=CCCOC1CC[C@H]2[C@@H]3CC[C@@]4(O)CC5(CCC4=C3[C@@H](c3ccc(C(=O)N(C)OC)cc3)C[C@]12C)OCCO5. The van der Waals surface area contributed by atoms with Gasteiger partial charge in [-0.15, -0.1) is 6.58 Å². The molecule has 1 aromatic rings. The number of ether oxygens (including phenoxy) is 3. The van der Waals surface area contributed by atoms with Crippen LogP contribution in [0.25, 0.3) is 0 Å². The van der Waals surface area contributed by atoms with Crippen molar-refractivity contribution >= 4 is 5.91 Å². The molecule has 1 amide bonds. The van der Waals surface area contributed by atoms with Crippen LogP contribution in [0.3, 0.4) is 0 Å². The summed E-state index contributed by atoms with van der Waals surface area (Å²) < 4.78 is 18.7. The summed E-state index contributed by atoms with van der Waals surface area (Å²) in [7, 11) is 3.12. The van der Waals surface area contributed by atoms with Gasteiger partial charge in [-0.2, -0.15) is 0 Å². The fourth-order valence-corrected chi connectivity index (χ4v) is 8.95. The van der Waals surface area contributed by atoms with E-state index in [1.54, 1.807) is 7.05 Å². The molecule has 4 aliphatic carbocycles. The van der Waals surface area contributed by atoms with E-state index in [-0.39, 0.29) is 23.3 Å². The van der Waals surface area contributed by atoms with Crippen molar-refractivity contribution < 1.29 is 28.9 Å². The van der Waals surface area contributed by atoms with Crippen molar-refractivity contribution in [2.24, 2.45) is 17.3 Å². The summed E-state index contributed by atoms with van der Waals surface area (Å²) in [6.07, 6.45) is 10.1. The molecule has 1 heterocycles. The molecule has 3 saturated carbocycles. The van der Waals surface area contributed by atoms with E-state index in [2.05, 4.69) is 25.6 Å². The molecule has 1 saturated heterocycles. The summed E-state index contributed by atoms with van der Waals surface area (Å²) in [5.41, 5.74) is 3.65. The van der Waals surface area contributed by atoms with Crippen LogP contribution in [-0.4, -0.2) is 67.5 Å². The molecular weight excluding hydrogens is 506 g/mol. The Hall–Kier alpha value is -2.03. The summed E-state index contributed by atoms with van der Waals surface area (Å²) in [5.74, 6) is 0.317. The summed E-state index contributed by atoms with van der Waals surface area (Å²) in [6.45, 7) is 8.23. The Labute approximate surface area is 238 Å². The molecule has 0 aromatic heterocycles. The molecule has 1 aliphatic heterocycles. The second-order valence-electron chi connectivity index (χ2n) is 12.9. The van der Waals surface area contributed by atoms with Crippen molar-refractivity contribution in [1.82, 2.24) is 5.06 Å². The van der Waals surface area contributed by atoms with Gasteiger partial charge in [0, 0.05) is 31.4 Å². The number of fused-ring (bicyclic) bond motifs is 4. The lowest BCUT2D eigenvalue weighted by atomic mass is 9.51. The highest BCUT2D eigenvalue weighted by atomic mass is 16.7. The predicted molar refractivity (Wildman–Crippen MR) is 151 cm³/mol. The summed E-state index contributed by atoms with van der Waals surface area (Å²) in [5, 5.41) is 13.5. The Balaban J connectivity index is 1.39. The Morgan fingerprint density at radius 3 is 2.62 bits per heavy atom. The number of aliphatic hydroxyl groups is 1. The Morgan fingerprint density at radius 2 is 1.93 bits per heavy atom. The van der Waals surface area contributed by atoms with E-state index >= 15 is 0 Å². The van der Waals surface area contributed by atoms with Crippen LogP contribution in [0.2, 0.25) is 0 Å². The van der Waals surface area contributed by atoms with Gasteiger partial charge in [-0.25, -0.2) is 5.06 Å². The molecule has 218 valence electrons. The smallest absolute Gasteiger partial charge is 0.277 e. The molecule has 40 heavy (non-hydrogen) atoms. The number of carbonyl (C=O) groups excluding carboxylic acids is 1.